The Bertz CT molecular complexity index is 1050. The van der Waals surface area contributed by atoms with Crippen LogP contribution in [0.5, 0.6) is 5.75 Å². The summed E-state index contributed by atoms with van der Waals surface area (Å²) < 4.78 is 15.5. The Kier molecular flexibility index (Phi) is 9.56. The lowest BCUT2D eigenvalue weighted by atomic mass is 9.94. The largest absolute Gasteiger partial charge is 0.524 e. The summed E-state index contributed by atoms with van der Waals surface area (Å²) in [6, 6.07) is 3.08. The number of amides is 5. The number of benzene rings is 1. The second kappa shape index (κ2) is 12.0. The minimum Gasteiger partial charge on any atom is -0.404 e. The van der Waals surface area contributed by atoms with E-state index in [1.807, 2.05) is 0 Å². The van der Waals surface area contributed by atoms with Crippen LogP contribution in [-0.2, 0) is 35.0 Å². The molecular weight excluding hydrogens is 497 g/mol. The number of rotatable bonds is 12. The molecule has 1 aliphatic carbocycles. The van der Waals surface area contributed by atoms with Crippen LogP contribution < -0.4 is 31.9 Å². The number of phosphoric acid groups is 1. The molecule has 5 amide bonds. The molecule has 1 aromatic carbocycles. The van der Waals surface area contributed by atoms with Crippen molar-refractivity contribution in [2.24, 2.45) is 11.5 Å². The van der Waals surface area contributed by atoms with Gasteiger partial charge >= 0.3 is 7.82 Å². The van der Waals surface area contributed by atoms with Gasteiger partial charge in [0.2, 0.25) is 29.5 Å². The Morgan fingerprint density at radius 3 is 2.08 bits per heavy atom. The second-order valence-electron chi connectivity index (χ2n) is 8.56. The van der Waals surface area contributed by atoms with Crippen LogP contribution in [0.2, 0.25) is 0 Å². The minimum absolute atomic E-state index is 0.00904. The zero-order valence-electron chi connectivity index (χ0n) is 19.6. The molecule has 0 heterocycles. The average molecular weight is 527 g/mol. The summed E-state index contributed by atoms with van der Waals surface area (Å²) in [5.74, 6) is -3.75. The molecule has 0 spiro atoms. The molecule has 1 aliphatic rings. The zero-order valence-corrected chi connectivity index (χ0v) is 20.5. The highest BCUT2D eigenvalue weighted by Crippen LogP contribution is 2.37. The van der Waals surface area contributed by atoms with Crippen molar-refractivity contribution < 1.29 is 42.8 Å². The summed E-state index contributed by atoms with van der Waals surface area (Å²) in [5, 5.41) is 7.61. The summed E-state index contributed by atoms with van der Waals surface area (Å²) >= 11 is 0. The lowest BCUT2D eigenvalue weighted by molar-refractivity contribution is -0.137. The first-order valence-corrected chi connectivity index (χ1v) is 12.6. The highest BCUT2D eigenvalue weighted by molar-refractivity contribution is 7.46. The number of carbonyl (C=O) groups excluding carboxylic acids is 5. The van der Waals surface area contributed by atoms with E-state index in [9.17, 15) is 28.5 Å². The molecule has 2 atom stereocenters. The molecule has 0 aliphatic heterocycles. The second-order valence-corrected chi connectivity index (χ2v) is 9.72. The summed E-state index contributed by atoms with van der Waals surface area (Å²) in [6.45, 7) is 1.22. The molecule has 1 fully saturated rings. The molecule has 0 radical (unpaired) electrons. The molecule has 15 heteroatoms. The van der Waals surface area contributed by atoms with Gasteiger partial charge < -0.3 is 31.9 Å². The molecule has 9 N–H and O–H groups in total. The maximum atomic E-state index is 13.2. The third kappa shape index (κ3) is 8.63. The Morgan fingerprint density at radius 2 is 1.61 bits per heavy atom. The van der Waals surface area contributed by atoms with Crippen LogP contribution >= 0.6 is 7.82 Å². The van der Waals surface area contributed by atoms with E-state index in [0.29, 0.717) is 18.4 Å². The first-order chi connectivity index (χ1) is 16.7. The first-order valence-electron chi connectivity index (χ1n) is 11.0. The number of hydrogen-bond acceptors (Lipinski definition) is 7. The van der Waals surface area contributed by atoms with E-state index in [0.717, 1.165) is 0 Å². The lowest BCUT2D eigenvalue weighted by Gasteiger charge is -2.32. The van der Waals surface area contributed by atoms with Gasteiger partial charge in [0.05, 0.1) is 6.42 Å². The van der Waals surface area contributed by atoms with Gasteiger partial charge in [-0.1, -0.05) is 25.0 Å². The van der Waals surface area contributed by atoms with Crippen LogP contribution in [0.25, 0.3) is 0 Å². The van der Waals surface area contributed by atoms with E-state index in [1.54, 1.807) is 0 Å². The standard InChI is InChI=1S/C21H30N5O9P/c1-12(27)24-16(10-13-4-6-14(7-5-13)35-36(32,33)34)19(30)26-21(8-2-3-9-21)20(31)25-15(18(23)29)11-17(22)28/h4-7,15-16H,2-3,8-11H2,1H3,(H2,22,28)(H2,23,29)(H,24,27)(H,25,31)(H,26,30)(H2,32,33,34)/t15-,16-/m0/s1. The van der Waals surface area contributed by atoms with Crippen LogP contribution in [0, 0.1) is 0 Å². The number of nitrogens with one attached hydrogen (secondary N) is 3. The highest BCUT2D eigenvalue weighted by atomic mass is 31.2. The van der Waals surface area contributed by atoms with Crippen molar-refractivity contribution in [3.8, 4) is 5.75 Å². The van der Waals surface area contributed by atoms with E-state index in [-0.39, 0.29) is 25.0 Å². The minimum atomic E-state index is -4.74. The van der Waals surface area contributed by atoms with E-state index in [4.69, 9.17) is 21.3 Å². The van der Waals surface area contributed by atoms with Gasteiger partial charge in [-0.25, -0.2) is 4.57 Å². The van der Waals surface area contributed by atoms with Gasteiger partial charge in [0.1, 0.15) is 23.4 Å². The molecule has 0 saturated heterocycles. The molecule has 0 bridgehead atoms. The van der Waals surface area contributed by atoms with Gasteiger partial charge in [-0.05, 0) is 30.5 Å². The fourth-order valence-electron chi connectivity index (χ4n) is 3.94. The van der Waals surface area contributed by atoms with Crippen LogP contribution in [-0.4, -0.2) is 56.9 Å². The van der Waals surface area contributed by atoms with Crippen LogP contribution in [0.1, 0.15) is 44.6 Å². The lowest BCUT2D eigenvalue weighted by Crippen LogP contribution is -2.63. The maximum Gasteiger partial charge on any atom is 0.524 e. The Balaban J connectivity index is 2.19. The Hall–Kier alpha value is -3.48. The number of nitrogens with two attached hydrogens (primary N) is 2. The van der Waals surface area contributed by atoms with Crippen LogP contribution in [0.4, 0.5) is 0 Å². The average Bonchev–Trinajstić information content (AvgIpc) is 3.22. The monoisotopic (exact) mass is 527 g/mol. The Labute approximate surface area is 206 Å². The van der Waals surface area contributed by atoms with Gasteiger partial charge in [-0.3, -0.25) is 33.8 Å². The SMILES string of the molecule is CC(=O)N[C@@H](Cc1ccc(OP(=O)(O)O)cc1)C(=O)NC1(C(=O)N[C@@H](CC(N)=O)C(N)=O)CCCC1. The fourth-order valence-corrected chi connectivity index (χ4v) is 4.34. The fraction of sp³-hybridized carbons (Fsp3) is 0.476. The molecule has 1 saturated carbocycles. The quantitative estimate of drug-likeness (QED) is 0.156. The van der Waals surface area contributed by atoms with Crippen molar-refractivity contribution in [3.05, 3.63) is 29.8 Å². The number of phosphoric ester groups is 1. The van der Waals surface area contributed by atoms with Gasteiger partial charge in [0.25, 0.3) is 0 Å². The van der Waals surface area contributed by atoms with Crippen molar-refractivity contribution in [1.82, 2.24) is 16.0 Å². The highest BCUT2D eigenvalue weighted by Gasteiger charge is 2.44. The van der Waals surface area contributed by atoms with Crippen LogP contribution in [0.15, 0.2) is 24.3 Å². The Morgan fingerprint density at radius 1 is 1.03 bits per heavy atom. The van der Waals surface area contributed by atoms with Crippen molar-refractivity contribution in [2.75, 3.05) is 0 Å². The third-order valence-electron chi connectivity index (χ3n) is 5.59. The summed E-state index contributed by atoms with van der Waals surface area (Å²) in [5.41, 5.74) is 9.52. The maximum absolute atomic E-state index is 13.2. The van der Waals surface area contributed by atoms with Crippen molar-refractivity contribution >= 4 is 37.4 Å². The summed E-state index contributed by atoms with van der Waals surface area (Å²) in [6.07, 6.45) is 1.22. The summed E-state index contributed by atoms with van der Waals surface area (Å²) in [4.78, 5) is 78.8. The normalized spacial score (nSPS) is 16.3. The topological polar surface area (TPSA) is 240 Å². The van der Waals surface area contributed by atoms with Gasteiger partial charge in [0.15, 0.2) is 0 Å². The third-order valence-corrected chi connectivity index (χ3v) is 6.04. The molecule has 14 nitrogen and oxygen atoms in total. The molecule has 2 rings (SSSR count). The first kappa shape index (κ1) is 28.8. The molecule has 1 aromatic rings. The molecule has 0 aromatic heterocycles. The van der Waals surface area contributed by atoms with Crippen molar-refractivity contribution in [2.45, 2.75) is 63.1 Å². The summed E-state index contributed by atoms with van der Waals surface area (Å²) in [7, 11) is -4.74. The van der Waals surface area contributed by atoms with E-state index in [1.165, 1.54) is 31.2 Å². The molecule has 0 unspecified atom stereocenters. The number of primary amides is 2. The molecular formula is C21H30N5O9P. The van der Waals surface area contributed by atoms with Crippen LogP contribution in [0.3, 0.4) is 0 Å². The predicted molar refractivity (Wildman–Crippen MR) is 125 cm³/mol. The van der Waals surface area contributed by atoms with Gasteiger partial charge in [-0.2, -0.15) is 0 Å². The van der Waals surface area contributed by atoms with E-state index < -0.39 is 61.4 Å². The van der Waals surface area contributed by atoms with Gasteiger partial charge in [0, 0.05) is 13.3 Å². The number of hydrogen-bond donors (Lipinski definition) is 7. The smallest absolute Gasteiger partial charge is 0.404 e. The van der Waals surface area contributed by atoms with Gasteiger partial charge in [-0.15, -0.1) is 0 Å². The van der Waals surface area contributed by atoms with Crippen molar-refractivity contribution in [3.63, 3.8) is 0 Å². The number of carbonyl (C=O) groups is 5. The zero-order chi connectivity index (χ0) is 27.1. The van der Waals surface area contributed by atoms with Crippen molar-refractivity contribution in [1.29, 1.82) is 0 Å². The molecule has 198 valence electrons. The van der Waals surface area contributed by atoms with E-state index >= 15 is 0 Å². The predicted octanol–water partition coefficient (Wildman–Crippen LogP) is -1.52. The van der Waals surface area contributed by atoms with E-state index in [2.05, 4.69) is 20.5 Å². The molecule has 36 heavy (non-hydrogen) atoms.